The number of aryl methyl sites for hydroxylation is 1. The Morgan fingerprint density at radius 2 is 2.53 bits per heavy atom. The molecule has 1 N–H and O–H groups in total. The first-order valence-corrected chi connectivity index (χ1v) is 6.97. The summed E-state index contributed by atoms with van der Waals surface area (Å²) in [5.41, 5.74) is 1.24. The van der Waals surface area contributed by atoms with Gasteiger partial charge in [-0.1, -0.05) is 25.6 Å². The Hall–Kier alpha value is -0.350. The second kappa shape index (κ2) is 5.12. The van der Waals surface area contributed by atoms with Gasteiger partial charge in [0.25, 0.3) is 0 Å². The fraction of sp³-hybridized carbons (Fsp3) is 0.636. The fourth-order valence-corrected chi connectivity index (χ4v) is 3.34. The zero-order chi connectivity index (χ0) is 10.7. The van der Waals surface area contributed by atoms with Gasteiger partial charge in [-0.2, -0.15) is 11.8 Å². The van der Waals surface area contributed by atoms with Gasteiger partial charge in [-0.15, -0.1) is 0 Å². The summed E-state index contributed by atoms with van der Waals surface area (Å²) in [6.07, 6.45) is 4.75. The van der Waals surface area contributed by atoms with Crippen LogP contribution < -0.4 is 0 Å². The fourth-order valence-electron chi connectivity index (χ4n) is 1.88. The van der Waals surface area contributed by atoms with Crippen LogP contribution in [0.15, 0.2) is 6.07 Å². The van der Waals surface area contributed by atoms with Gasteiger partial charge < -0.3 is 4.98 Å². The number of rotatable bonds is 3. The lowest BCUT2D eigenvalue weighted by molar-refractivity contribution is 0.754. The molecule has 2 nitrogen and oxygen atoms in total. The summed E-state index contributed by atoms with van der Waals surface area (Å²) >= 11 is 7.19. The largest absolute Gasteiger partial charge is 0.346 e. The van der Waals surface area contributed by atoms with Crippen molar-refractivity contribution in [1.29, 1.82) is 0 Å². The van der Waals surface area contributed by atoms with Gasteiger partial charge in [0.2, 0.25) is 0 Å². The molecular formula is C11H16N2S2. The van der Waals surface area contributed by atoms with E-state index in [9.17, 15) is 0 Å². The first-order chi connectivity index (χ1) is 7.29. The van der Waals surface area contributed by atoms with E-state index in [2.05, 4.69) is 16.9 Å². The summed E-state index contributed by atoms with van der Waals surface area (Å²) in [5.74, 6) is 2.35. The number of hydrogen-bond acceptors (Lipinski definition) is 3. The Morgan fingerprint density at radius 1 is 1.67 bits per heavy atom. The first kappa shape index (κ1) is 11.1. The molecule has 0 amide bonds. The Morgan fingerprint density at radius 3 is 3.20 bits per heavy atom. The van der Waals surface area contributed by atoms with Crippen molar-refractivity contribution < 1.29 is 0 Å². The smallest absolute Gasteiger partial charge is 0.130 e. The van der Waals surface area contributed by atoms with Gasteiger partial charge in [-0.3, -0.25) is 0 Å². The second-order valence-electron chi connectivity index (χ2n) is 3.88. The lowest BCUT2D eigenvalue weighted by Crippen LogP contribution is -2.02. The van der Waals surface area contributed by atoms with Crippen LogP contribution in [0.3, 0.4) is 0 Å². The molecule has 2 rings (SSSR count). The highest BCUT2D eigenvalue weighted by molar-refractivity contribution is 7.99. The SMILES string of the molecule is CCCc1cc(=S)nc(C2CCCS2)[nH]1. The van der Waals surface area contributed by atoms with Crippen molar-refractivity contribution in [2.45, 2.75) is 37.9 Å². The van der Waals surface area contributed by atoms with Crippen molar-refractivity contribution in [3.63, 3.8) is 0 Å². The zero-order valence-electron chi connectivity index (χ0n) is 8.95. The van der Waals surface area contributed by atoms with Crippen LogP contribution in [0.2, 0.25) is 0 Å². The van der Waals surface area contributed by atoms with Crippen molar-refractivity contribution in [2.24, 2.45) is 0 Å². The molecule has 1 aliphatic rings. The molecule has 0 spiro atoms. The number of hydrogen-bond donors (Lipinski definition) is 1. The van der Waals surface area contributed by atoms with E-state index >= 15 is 0 Å². The molecule has 15 heavy (non-hydrogen) atoms. The van der Waals surface area contributed by atoms with Gasteiger partial charge in [-0.25, -0.2) is 4.98 Å². The number of nitrogens with one attached hydrogen (secondary N) is 1. The van der Waals surface area contributed by atoms with Crippen molar-refractivity contribution >= 4 is 24.0 Å². The van der Waals surface area contributed by atoms with E-state index in [1.54, 1.807) is 0 Å². The summed E-state index contributed by atoms with van der Waals surface area (Å²) in [7, 11) is 0. The van der Waals surface area contributed by atoms with E-state index in [1.165, 1.54) is 24.3 Å². The lowest BCUT2D eigenvalue weighted by Gasteiger charge is -2.09. The summed E-state index contributed by atoms with van der Waals surface area (Å²) in [5, 5.41) is 0.545. The van der Waals surface area contributed by atoms with Crippen LogP contribution in [0, 0.1) is 4.64 Å². The lowest BCUT2D eigenvalue weighted by atomic mass is 10.2. The number of H-pyrrole nitrogens is 1. The standard InChI is InChI=1S/C11H16N2S2/c1-2-4-8-7-10(14)13-11(12-8)9-5-3-6-15-9/h7,9H,2-6H2,1H3,(H,12,13,14). The van der Waals surface area contributed by atoms with Crippen LogP contribution in [0.5, 0.6) is 0 Å². The number of thioether (sulfide) groups is 1. The molecular weight excluding hydrogens is 224 g/mol. The summed E-state index contributed by atoms with van der Waals surface area (Å²) in [4.78, 5) is 7.87. The molecule has 1 unspecified atom stereocenters. The van der Waals surface area contributed by atoms with E-state index in [0.29, 0.717) is 5.25 Å². The summed E-state index contributed by atoms with van der Waals surface area (Å²) in [6.45, 7) is 2.18. The Bertz CT molecular complexity index is 380. The van der Waals surface area contributed by atoms with Crippen molar-refractivity contribution in [3.05, 3.63) is 22.2 Å². The van der Waals surface area contributed by atoms with Crippen molar-refractivity contribution in [2.75, 3.05) is 5.75 Å². The van der Waals surface area contributed by atoms with Crippen molar-refractivity contribution in [3.8, 4) is 0 Å². The minimum absolute atomic E-state index is 0.545. The molecule has 1 saturated heterocycles. The minimum Gasteiger partial charge on any atom is -0.346 e. The van der Waals surface area contributed by atoms with Gasteiger partial charge in [0, 0.05) is 5.69 Å². The van der Waals surface area contributed by atoms with Gasteiger partial charge >= 0.3 is 0 Å². The quantitative estimate of drug-likeness (QED) is 0.817. The van der Waals surface area contributed by atoms with Crippen LogP contribution in [-0.2, 0) is 6.42 Å². The Kier molecular flexibility index (Phi) is 3.81. The van der Waals surface area contributed by atoms with Gasteiger partial charge in [0.05, 0.1) is 5.25 Å². The first-order valence-electron chi connectivity index (χ1n) is 5.51. The molecule has 0 aromatic carbocycles. The third-order valence-electron chi connectivity index (χ3n) is 2.57. The van der Waals surface area contributed by atoms with Gasteiger partial charge in [0.15, 0.2) is 0 Å². The third kappa shape index (κ3) is 2.82. The van der Waals surface area contributed by atoms with Crippen LogP contribution >= 0.6 is 24.0 Å². The topological polar surface area (TPSA) is 28.7 Å². The predicted octanol–water partition coefficient (Wildman–Crippen LogP) is 3.66. The van der Waals surface area contributed by atoms with Crippen LogP contribution in [0.25, 0.3) is 0 Å². The maximum atomic E-state index is 5.20. The van der Waals surface area contributed by atoms with Crippen LogP contribution in [-0.4, -0.2) is 15.7 Å². The normalized spacial score (nSPS) is 20.7. The maximum Gasteiger partial charge on any atom is 0.130 e. The molecule has 4 heteroatoms. The van der Waals surface area contributed by atoms with E-state index in [0.717, 1.165) is 23.3 Å². The highest BCUT2D eigenvalue weighted by Crippen LogP contribution is 2.37. The van der Waals surface area contributed by atoms with E-state index in [4.69, 9.17) is 12.2 Å². The minimum atomic E-state index is 0.545. The molecule has 1 aliphatic heterocycles. The molecule has 1 fully saturated rings. The number of aromatic amines is 1. The number of nitrogens with zero attached hydrogens (tertiary/aromatic N) is 1. The molecule has 1 aromatic heterocycles. The van der Waals surface area contributed by atoms with E-state index in [1.807, 2.05) is 17.8 Å². The molecule has 0 radical (unpaired) electrons. The molecule has 0 saturated carbocycles. The van der Waals surface area contributed by atoms with Gasteiger partial charge in [-0.05, 0) is 31.1 Å². The zero-order valence-corrected chi connectivity index (χ0v) is 10.6. The average Bonchev–Trinajstić information content (AvgIpc) is 2.70. The van der Waals surface area contributed by atoms with E-state index in [-0.39, 0.29) is 0 Å². The number of aromatic nitrogens is 2. The molecule has 1 atom stereocenters. The maximum absolute atomic E-state index is 5.20. The van der Waals surface area contributed by atoms with Crippen molar-refractivity contribution in [1.82, 2.24) is 9.97 Å². The molecule has 82 valence electrons. The summed E-state index contributed by atoms with van der Waals surface area (Å²) < 4.78 is 0.736. The average molecular weight is 240 g/mol. The Labute approximate surface area is 99.9 Å². The van der Waals surface area contributed by atoms with Crippen LogP contribution in [0.4, 0.5) is 0 Å². The highest BCUT2D eigenvalue weighted by Gasteiger charge is 2.19. The predicted molar refractivity (Wildman–Crippen MR) is 67.8 cm³/mol. The van der Waals surface area contributed by atoms with Crippen LogP contribution in [0.1, 0.15) is 43.0 Å². The third-order valence-corrected chi connectivity index (χ3v) is 4.17. The molecule has 1 aromatic rings. The van der Waals surface area contributed by atoms with Gasteiger partial charge in [0.1, 0.15) is 10.5 Å². The molecule has 2 heterocycles. The monoisotopic (exact) mass is 240 g/mol. The highest BCUT2D eigenvalue weighted by atomic mass is 32.2. The molecule has 0 aliphatic carbocycles. The summed E-state index contributed by atoms with van der Waals surface area (Å²) in [6, 6.07) is 1.99. The molecule has 0 bridgehead atoms. The Balaban J connectivity index is 2.26. The second-order valence-corrected chi connectivity index (χ2v) is 5.61. The van der Waals surface area contributed by atoms with E-state index < -0.39 is 0 Å².